The van der Waals surface area contributed by atoms with E-state index >= 15 is 0 Å². The highest BCUT2D eigenvalue weighted by Gasteiger charge is 2.47. The van der Waals surface area contributed by atoms with Gasteiger partial charge >= 0.3 is 0 Å². The maximum absolute atomic E-state index is 13.1. The van der Waals surface area contributed by atoms with Crippen LogP contribution in [-0.2, 0) is 14.3 Å². The van der Waals surface area contributed by atoms with Gasteiger partial charge in [0.05, 0.1) is 39.6 Å². The van der Waals surface area contributed by atoms with E-state index < -0.39 is 17.7 Å². The number of hydrogen-bond donors (Lipinski definition) is 1. The normalized spacial score (nSPS) is 17.5. The van der Waals surface area contributed by atoms with E-state index in [2.05, 4.69) is 0 Å². The number of carbonyl (C=O) groups is 2. The van der Waals surface area contributed by atoms with Gasteiger partial charge in [-0.15, -0.1) is 0 Å². The lowest BCUT2D eigenvalue weighted by Crippen LogP contribution is -2.32. The molecule has 170 valence electrons. The Kier molecular flexibility index (Phi) is 7.05. The predicted octanol–water partition coefficient (Wildman–Crippen LogP) is 3.09. The maximum atomic E-state index is 13.1. The number of amides is 1. The van der Waals surface area contributed by atoms with Gasteiger partial charge in [-0.25, -0.2) is 0 Å². The van der Waals surface area contributed by atoms with Gasteiger partial charge in [0, 0.05) is 24.8 Å². The highest BCUT2D eigenvalue weighted by Crippen LogP contribution is 2.45. The number of ether oxygens (including phenoxy) is 4. The SMILES string of the molecule is COCCN1C(=O)C(=O)C(=C(O)c2ccc(OC)cc2C)C1c1cccc(OC)c1OC. The lowest BCUT2D eigenvalue weighted by atomic mass is 9.93. The minimum Gasteiger partial charge on any atom is -0.507 e. The fourth-order valence-corrected chi connectivity index (χ4v) is 3.92. The number of methoxy groups -OCH3 is 4. The van der Waals surface area contributed by atoms with Gasteiger partial charge in [-0.1, -0.05) is 12.1 Å². The number of ketones is 1. The first-order valence-corrected chi connectivity index (χ1v) is 10.0. The van der Waals surface area contributed by atoms with Crippen LogP contribution in [0.5, 0.6) is 17.2 Å². The lowest BCUT2D eigenvalue weighted by Gasteiger charge is -2.27. The van der Waals surface area contributed by atoms with Crippen LogP contribution in [0, 0.1) is 6.92 Å². The molecule has 0 radical (unpaired) electrons. The molecule has 32 heavy (non-hydrogen) atoms. The maximum Gasteiger partial charge on any atom is 0.295 e. The molecule has 0 spiro atoms. The van der Waals surface area contributed by atoms with Gasteiger partial charge in [-0.05, 0) is 36.8 Å². The van der Waals surface area contributed by atoms with E-state index in [4.69, 9.17) is 18.9 Å². The number of Topliss-reactive ketones (excluding diaryl/α,β-unsaturated/α-hetero) is 1. The van der Waals surface area contributed by atoms with Crippen molar-refractivity contribution in [3.05, 3.63) is 58.7 Å². The Morgan fingerprint density at radius 3 is 2.38 bits per heavy atom. The Labute approximate surface area is 187 Å². The Hall–Kier alpha value is -3.52. The minimum absolute atomic E-state index is 0.0223. The number of para-hydroxylation sites is 1. The third-order valence-corrected chi connectivity index (χ3v) is 5.49. The Morgan fingerprint density at radius 1 is 1.03 bits per heavy atom. The van der Waals surface area contributed by atoms with Gasteiger partial charge in [0.15, 0.2) is 11.5 Å². The molecule has 1 N–H and O–H groups in total. The number of hydrogen-bond acceptors (Lipinski definition) is 7. The van der Waals surface area contributed by atoms with Crippen LogP contribution < -0.4 is 14.2 Å². The molecule has 1 atom stereocenters. The fourth-order valence-electron chi connectivity index (χ4n) is 3.92. The summed E-state index contributed by atoms with van der Waals surface area (Å²) in [6, 6.07) is 9.42. The molecule has 1 heterocycles. The van der Waals surface area contributed by atoms with E-state index in [1.54, 1.807) is 50.4 Å². The number of aliphatic hydroxyl groups excluding tert-OH is 1. The second kappa shape index (κ2) is 9.74. The van der Waals surface area contributed by atoms with Crippen molar-refractivity contribution < 1.29 is 33.6 Å². The van der Waals surface area contributed by atoms with Gasteiger partial charge in [-0.3, -0.25) is 9.59 Å². The molecule has 0 bridgehead atoms. The Bertz CT molecular complexity index is 1060. The van der Waals surface area contributed by atoms with E-state index in [1.165, 1.54) is 26.2 Å². The van der Waals surface area contributed by atoms with Gasteiger partial charge < -0.3 is 29.0 Å². The van der Waals surface area contributed by atoms with Gasteiger partial charge in [0.25, 0.3) is 11.7 Å². The molecule has 2 aromatic carbocycles. The standard InChI is InChI=1S/C24H27NO7/c1-14-13-15(30-3)9-10-16(14)21(26)19-20(25(11-12-29-2)24(28)22(19)27)17-7-6-8-18(31-4)23(17)32-5/h6-10,13,20,26H,11-12H2,1-5H3. The quantitative estimate of drug-likeness (QED) is 0.382. The molecule has 0 aromatic heterocycles. The first-order valence-electron chi connectivity index (χ1n) is 10.0. The summed E-state index contributed by atoms with van der Waals surface area (Å²) in [7, 11) is 6.05. The van der Waals surface area contributed by atoms with Crippen molar-refractivity contribution in [2.45, 2.75) is 13.0 Å². The van der Waals surface area contributed by atoms with Crippen LogP contribution >= 0.6 is 0 Å². The molecular formula is C24H27NO7. The number of carbonyl (C=O) groups excluding carboxylic acids is 2. The Balaban J connectivity index is 2.27. The van der Waals surface area contributed by atoms with Crippen molar-refractivity contribution >= 4 is 17.4 Å². The van der Waals surface area contributed by atoms with Gasteiger partial charge in [0.1, 0.15) is 11.5 Å². The largest absolute Gasteiger partial charge is 0.507 e. The molecular weight excluding hydrogens is 414 g/mol. The van der Waals surface area contributed by atoms with Crippen molar-refractivity contribution in [2.75, 3.05) is 41.6 Å². The molecule has 1 saturated heterocycles. The smallest absolute Gasteiger partial charge is 0.295 e. The van der Waals surface area contributed by atoms with E-state index in [0.29, 0.717) is 33.9 Å². The van der Waals surface area contributed by atoms with Crippen LogP contribution in [0.2, 0.25) is 0 Å². The summed E-state index contributed by atoms with van der Waals surface area (Å²) >= 11 is 0. The zero-order chi connectivity index (χ0) is 23.4. The minimum atomic E-state index is -0.878. The lowest BCUT2D eigenvalue weighted by molar-refractivity contribution is -0.140. The molecule has 1 aliphatic rings. The molecule has 8 heteroatoms. The number of nitrogens with zero attached hydrogens (tertiary/aromatic N) is 1. The summed E-state index contributed by atoms with van der Waals surface area (Å²) in [5.41, 5.74) is 1.63. The molecule has 1 aliphatic heterocycles. The van der Waals surface area contributed by atoms with E-state index in [-0.39, 0.29) is 24.5 Å². The van der Waals surface area contributed by atoms with Crippen LogP contribution in [-0.4, -0.2) is 63.3 Å². The van der Waals surface area contributed by atoms with Crippen molar-refractivity contribution in [1.29, 1.82) is 0 Å². The van der Waals surface area contributed by atoms with Gasteiger partial charge in [0.2, 0.25) is 0 Å². The second-order valence-corrected chi connectivity index (χ2v) is 7.25. The second-order valence-electron chi connectivity index (χ2n) is 7.25. The van der Waals surface area contributed by atoms with Crippen molar-refractivity contribution in [2.24, 2.45) is 0 Å². The van der Waals surface area contributed by atoms with Crippen LogP contribution in [0.15, 0.2) is 42.0 Å². The molecule has 3 rings (SSSR count). The van der Waals surface area contributed by atoms with E-state index in [1.807, 2.05) is 0 Å². The number of aliphatic hydroxyl groups is 1. The molecule has 8 nitrogen and oxygen atoms in total. The molecule has 0 aliphatic carbocycles. The van der Waals surface area contributed by atoms with Crippen LogP contribution in [0.1, 0.15) is 22.7 Å². The number of aryl methyl sites for hydroxylation is 1. The first kappa shape index (κ1) is 23.1. The fraction of sp³-hybridized carbons (Fsp3) is 0.333. The van der Waals surface area contributed by atoms with Gasteiger partial charge in [-0.2, -0.15) is 0 Å². The summed E-state index contributed by atoms with van der Waals surface area (Å²) in [6.45, 7) is 2.17. The average molecular weight is 441 g/mol. The monoisotopic (exact) mass is 441 g/mol. The predicted molar refractivity (Wildman–Crippen MR) is 118 cm³/mol. The summed E-state index contributed by atoms with van der Waals surface area (Å²) in [6.07, 6.45) is 0. The van der Waals surface area contributed by atoms with Crippen molar-refractivity contribution in [1.82, 2.24) is 4.90 Å². The van der Waals surface area contributed by atoms with Crippen LogP contribution in [0.4, 0.5) is 0 Å². The summed E-state index contributed by atoms with van der Waals surface area (Å²) in [4.78, 5) is 27.5. The Morgan fingerprint density at radius 2 is 1.78 bits per heavy atom. The number of likely N-dealkylation sites (tertiary alicyclic amines) is 1. The van der Waals surface area contributed by atoms with Crippen molar-refractivity contribution in [3.8, 4) is 17.2 Å². The summed E-state index contributed by atoms with van der Waals surface area (Å²) in [5.74, 6) is -0.318. The average Bonchev–Trinajstić information content (AvgIpc) is 3.06. The third-order valence-electron chi connectivity index (χ3n) is 5.49. The zero-order valence-corrected chi connectivity index (χ0v) is 18.8. The molecule has 0 saturated carbocycles. The summed E-state index contributed by atoms with van der Waals surface area (Å²) < 4.78 is 21.3. The molecule has 2 aromatic rings. The number of benzene rings is 2. The van der Waals surface area contributed by atoms with E-state index in [9.17, 15) is 14.7 Å². The third kappa shape index (κ3) is 4.01. The van der Waals surface area contributed by atoms with Crippen LogP contribution in [0.25, 0.3) is 5.76 Å². The zero-order valence-electron chi connectivity index (χ0n) is 18.8. The molecule has 1 fully saturated rings. The summed E-state index contributed by atoms with van der Waals surface area (Å²) in [5, 5.41) is 11.3. The molecule has 1 amide bonds. The number of rotatable bonds is 8. The highest BCUT2D eigenvalue weighted by atomic mass is 16.5. The van der Waals surface area contributed by atoms with Crippen LogP contribution in [0.3, 0.4) is 0 Å². The first-order chi connectivity index (χ1) is 15.4. The van der Waals surface area contributed by atoms with E-state index in [0.717, 1.165) is 0 Å². The molecule has 1 unspecified atom stereocenters. The highest BCUT2D eigenvalue weighted by molar-refractivity contribution is 6.46. The topological polar surface area (TPSA) is 94.5 Å². The van der Waals surface area contributed by atoms with Crippen molar-refractivity contribution in [3.63, 3.8) is 0 Å².